The van der Waals surface area contributed by atoms with E-state index in [0.29, 0.717) is 0 Å². The van der Waals surface area contributed by atoms with Gasteiger partial charge >= 0.3 is 0 Å². The standard InChI is InChI=1S/CHN4S/c6-5-1-2-3-4-5/h1H. The molecule has 0 aliphatic heterocycles. The Kier molecular flexibility index (Phi) is 0.681. The molecule has 0 fully saturated rings. The summed E-state index contributed by atoms with van der Waals surface area (Å²) in [5.74, 6) is 0. The van der Waals surface area contributed by atoms with Gasteiger partial charge in [0.05, 0.1) is 0 Å². The molecule has 1 aromatic heterocycles. The summed E-state index contributed by atoms with van der Waals surface area (Å²) in [5.41, 5.74) is 0. The van der Waals surface area contributed by atoms with Crippen molar-refractivity contribution < 1.29 is 0 Å². The number of hydrogen-bond acceptors (Lipinski definition) is 3. The first-order valence-electron chi connectivity index (χ1n) is 1.30. The fraction of sp³-hybridized carbons (Fsp3) is 0. The Bertz CT molecular complexity index is 111. The first-order chi connectivity index (χ1) is 2.89. The summed E-state index contributed by atoms with van der Waals surface area (Å²) >= 11 is 4.43. The van der Waals surface area contributed by atoms with Gasteiger partial charge in [0.1, 0.15) is 0 Å². The monoisotopic (exact) mass is 101 g/mol. The Labute approximate surface area is 39.7 Å². The van der Waals surface area contributed by atoms with Gasteiger partial charge in [-0.3, -0.25) is 0 Å². The van der Waals surface area contributed by atoms with Gasteiger partial charge in [-0.2, -0.15) is 0 Å². The summed E-state index contributed by atoms with van der Waals surface area (Å²) in [7, 11) is 0. The topological polar surface area (TPSA) is 43.6 Å². The molecular formula is CHN4S. The average Bonchev–Trinajstić information content (AvgIpc) is 1.86. The molecule has 0 spiro atoms. The summed E-state index contributed by atoms with van der Waals surface area (Å²) in [6, 6.07) is 0. The molecule has 0 N–H and O–H groups in total. The lowest BCUT2D eigenvalue weighted by atomic mass is 11.4. The Balaban J connectivity index is 3.05. The van der Waals surface area contributed by atoms with Gasteiger partial charge in [-0.25, -0.2) is 0 Å². The lowest BCUT2D eigenvalue weighted by Crippen LogP contribution is -1.77. The van der Waals surface area contributed by atoms with Crippen molar-refractivity contribution in [2.45, 2.75) is 0 Å². The van der Waals surface area contributed by atoms with E-state index in [0.717, 1.165) is 4.09 Å². The molecular weight excluding hydrogens is 100 g/mol. The molecule has 0 aliphatic carbocycles. The van der Waals surface area contributed by atoms with Crippen molar-refractivity contribution in [1.82, 2.24) is 19.6 Å². The van der Waals surface area contributed by atoms with E-state index >= 15 is 0 Å². The van der Waals surface area contributed by atoms with Crippen molar-refractivity contribution in [2.24, 2.45) is 0 Å². The molecule has 0 saturated carbocycles. The molecule has 0 saturated heterocycles. The van der Waals surface area contributed by atoms with E-state index in [1.54, 1.807) is 0 Å². The molecule has 0 bridgehead atoms. The minimum Gasteiger partial charge on any atom is -0.142 e. The second-order valence-electron chi connectivity index (χ2n) is 0.712. The highest BCUT2D eigenvalue weighted by Crippen LogP contribution is 1.72. The Morgan fingerprint density at radius 1 is 1.67 bits per heavy atom. The summed E-state index contributed by atoms with van der Waals surface area (Å²) in [6.07, 6.45) is 1.34. The SMILES string of the molecule is [S]n1cnnn1. The van der Waals surface area contributed by atoms with Crippen molar-refractivity contribution in [2.75, 3.05) is 0 Å². The second-order valence-corrected chi connectivity index (χ2v) is 1.09. The maximum Gasteiger partial charge on any atom is 0.156 e. The van der Waals surface area contributed by atoms with Crippen LogP contribution >= 0.6 is 12.8 Å². The smallest absolute Gasteiger partial charge is 0.142 e. The number of rotatable bonds is 0. The highest BCUT2D eigenvalue weighted by Gasteiger charge is 1.75. The largest absolute Gasteiger partial charge is 0.156 e. The lowest BCUT2D eigenvalue weighted by molar-refractivity contribution is 0.857. The number of tetrazole rings is 1. The fourth-order valence-corrected chi connectivity index (χ4v) is 0.228. The van der Waals surface area contributed by atoms with E-state index in [1.807, 2.05) is 0 Å². The molecule has 0 atom stereocenters. The van der Waals surface area contributed by atoms with E-state index in [-0.39, 0.29) is 0 Å². The van der Waals surface area contributed by atoms with Crippen LogP contribution in [0.1, 0.15) is 0 Å². The molecule has 1 radical (unpaired) electrons. The van der Waals surface area contributed by atoms with Gasteiger partial charge < -0.3 is 0 Å². The number of aromatic nitrogens is 4. The predicted molar refractivity (Wildman–Crippen MR) is 20.8 cm³/mol. The minimum absolute atomic E-state index is 1.11. The summed E-state index contributed by atoms with van der Waals surface area (Å²) in [4.78, 5) is 0. The third kappa shape index (κ3) is 0.436. The minimum atomic E-state index is 1.11. The van der Waals surface area contributed by atoms with Crippen molar-refractivity contribution >= 4 is 12.8 Å². The van der Waals surface area contributed by atoms with Gasteiger partial charge in [0.2, 0.25) is 0 Å². The van der Waals surface area contributed by atoms with Gasteiger partial charge in [-0.1, -0.05) is 0 Å². The van der Waals surface area contributed by atoms with E-state index < -0.39 is 0 Å². The van der Waals surface area contributed by atoms with Crippen molar-refractivity contribution in [1.29, 1.82) is 0 Å². The zero-order valence-corrected chi connectivity index (χ0v) is 3.59. The Morgan fingerprint density at radius 2 is 2.50 bits per heavy atom. The van der Waals surface area contributed by atoms with Crippen molar-refractivity contribution in [3.63, 3.8) is 0 Å². The fourth-order valence-electron chi connectivity index (χ4n) is 0.153. The highest BCUT2D eigenvalue weighted by atomic mass is 32.1. The first-order valence-corrected chi connectivity index (χ1v) is 1.66. The zero-order chi connectivity index (χ0) is 4.41. The van der Waals surface area contributed by atoms with Crippen LogP contribution in [0.25, 0.3) is 0 Å². The van der Waals surface area contributed by atoms with E-state index in [9.17, 15) is 0 Å². The average molecular weight is 101 g/mol. The molecule has 6 heavy (non-hydrogen) atoms. The van der Waals surface area contributed by atoms with Gasteiger partial charge in [0, 0.05) is 12.8 Å². The van der Waals surface area contributed by atoms with Crippen LogP contribution in [0.2, 0.25) is 0 Å². The molecule has 0 unspecified atom stereocenters. The van der Waals surface area contributed by atoms with Crippen LogP contribution < -0.4 is 0 Å². The van der Waals surface area contributed by atoms with Crippen LogP contribution in [-0.2, 0) is 0 Å². The van der Waals surface area contributed by atoms with Gasteiger partial charge in [0.15, 0.2) is 6.33 Å². The highest BCUT2D eigenvalue weighted by molar-refractivity contribution is 7.78. The molecule has 0 aliphatic rings. The molecule has 31 valence electrons. The Morgan fingerprint density at radius 3 is 2.67 bits per heavy atom. The van der Waals surface area contributed by atoms with Crippen LogP contribution in [0.4, 0.5) is 0 Å². The van der Waals surface area contributed by atoms with Crippen LogP contribution in [0.15, 0.2) is 6.33 Å². The Hall–Kier alpha value is -0.710. The number of hydrogen-bond donors (Lipinski definition) is 0. The van der Waals surface area contributed by atoms with E-state index in [2.05, 4.69) is 28.3 Å². The van der Waals surface area contributed by atoms with Gasteiger partial charge in [-0.15, -0.1) is 9.19 Å². The van der Waals surface area contributed by atoms with Crippen LogP contribution in [0, 0.1) is 0 Å². The molecule has 0 aromatic carbocycles. The third-order valence-electron chi connectivity index (χ3n) is 0.330. The maximum atomic E-state index is 4.43. The summed E-state index contributed by atoms with van der Waals surface area (Å²) in [6.45, 7) is 0. The molecule has 1 aromatic rings. The van der Waals surface area contributed by atoms with Crippen LogP contribution in [0.5, 0.6) is 0 Å². The van der Waals surface area contributed by atoms with Gasteiger partial charge in [-0.05, 0) is 10.4 Å². The van der Waals surface area contributed by atoms with Crippen molar-refractivity contribution in [3.05, 3.63) is 6.33 Å². The van der Waals surface area contributed by atoms with E-state index in [4.69, 9.17) is 0 Å². The maximum absolute atomic E-state index is 4.43. The zero-order valence-electron chi connectivity index (χ0n) is 2.77. The summed E-state index contributed by atoms with van der Waals surface area (Å²) in [5, 5.41) is 9.79. The molecule has 5 heteroatoms. The predicted octanol–water partition coefficient (Wildman–Crippen LogP) is -0.366. The normalized spacial score (nSPS) is 8.67. The third-order valence-corrected chi connectivity index (χ3v) is 0.498. The lowest BCUT2D eigenvalue weighted by Gasteiger charge is -1.66. The number of nitrogens with zero attached hydrogens (tertiary/aromatic N) is 4. The van der Waals surface area contributed by atoms with Crippen molar-refractivity contribution in [3.8, 4) is 0 Å². The van der Waals surface area contributed by atoms with E-state index in [1.165, 1.54) is 6.33 Å². The second kappa shape index (κ2) is 1.17. The quantitative estimate of drug-likeness (QED) is 0.448. The molecule has 4 nitrogen and oxygen atoms in total. The molecule has 1 heterocycles. The summed E-state index contributed by atoms with van der Waals surface area (Å²) < 4.78 is 1.11. The van der Waals surface area contributed by atoms with Crippen LogP contribution in [-0.4, -0.2) is 19.6 Å². The first kappa shape index (κ1) is 3.48. The molecule has 0 amide bonds. The van der Waals surface area contributed by atoms with Gasteiger partial charge in [0.25, 0.3) is 0 Å². The van der Waals surface area contributed by atoms with Crippen LogP contribution in [0.3, 0.4) is 0 Å². The molecule has 1 rings (SSSR count).